The number of aromatic nitrogens is 1. The molecule has 1 saturated heterocycles. The molecule has 4 aromatic rings. The molecule has 2 aromatic heterocycles. The van der Waals surface area contributed by atoms with E-state index in [4.69, 9.17) is 4.74 Å². The second kappa shape index (κ2) is 17.3. The van der Waals surface area contributed by atoms with E-state index in [1.54, 1.807) is 23.5 Å². The number of benzene rings is 2. The summed E-state index contributed by atoms with van der Waals surface area (Å²) in [5, 5.41) is 29.7. The molecule has 0 bridgehead atoms. The molecule has 46 heavy (non-hydrogen) atoms. The minimum atomic E-state index is -0.725. The first-order chi connectivity index (χ1) is 22.5. The number of aromatic amines is 1. The number of aliphatic hydroxyl groups is 1. The molecule has 1 amide bonds. The molecule has 0 spiro atoms. The quantitative estimate of drug-likeness (QED) is 0.0828. The smallest absolute Gasteiger partial charge is 0.411 e. The summed E-state index contributed by atoms with van der Waals surface area (Å²) in [6.45, 7) is 4.29. The number of likely N-dealkylation sites (tertiary alicyclic amines) is 1. The highest BCUT2D eigenvalue weighted by molar-refractivity contribution is 7.13. The van der Waals surface area contributed by atoms with E-state index in [2.05, 4.69) is 26.6 Å². The second-order valence-corrected chi connectivity index (χ2v) is 13.0. The minimum Gasteiger partial charge on any atom is -0.506 e. The van der Waals surface area contributed by atoms with Crippen molar-refractivity contribution in [3.05, 3.63) is 82.0 Å². The molecule has 2 aromatic carbocycles. The maximum atomic E-state index is 12.6. The Morgan fingerprint density at radius 2 is 1.72 bits per heavy atom. The lowest BCUT2D eigenvalue weighted by Gasteiger charge is -2.31. The first-order valence-electron chi connectivity index (χ1n) is 16.5. The van der Waals surface area contributed by atoms with Crippen molar-refractivity contribution in [2.75, 3.05) is 38.0 Å². The lowest BCUT2D eigenvalue weighted by Crippen LogP contribution is -2.38. The Morgan fingerprint density at radius 3 is 2.50 bits per heavy atom. The zero-order valence-electron chi connectivity index (χ0n) is 26.4. The molecule has 5 rings (SSSR count). The number of thiophene rings is 1. The third kappa shape index (κ3) is 9.65. The van der Waals surface area contributed by atoms with E-state index in [1.807, 2.05) is 35.7 Å². The molecule has 246 valence electrons. The average molecular weight is 647 g/mol. The number of pyridine rings is 1. The fourth-order valence-electron chi connectivity index (χ4n) is 6.15. The van der Waals surface area contributed by atoms with Crippen LogP contribution in [-0.4, -0.2) is 65.0 Å². The summed E-state index contributed by atoms with van der Waals surface area (Å²) in [6, 6.07) is 18.2. The Bertz CT molecular complexity index is 1580. The standard InChI is InChI=1S/C36H46N4O5S/c41-31-16-14-27(28-15-17-34(43)39-35(28)31)32(42)25-37-20-8-4-2-1-3-5-9-21-40-22-18-26(19-23-40)45-36(44)38-30-12-7-6-11-29(30)33-13-10-24-46-33/h6-7,10-17,24,26,32,37,41-42H,1-5,8-9,18-23,25H2,(H,38,44)(H,39,43). The van der Waals surface area contributed by atoms with E-state index in [0.717, 1.165) is 68.0 Å². The van der Waals surface area contributed by atoms with E-state index in [9.17, 15) is 19.8 Å². The van der Waals surface area contributed by atoms with Gasteiger partial charge in [0.25, 0.3) is 0 Å². The van der Waals surface area contributed by atoms with Gasteiger partial charge in [-0.3, -0.25) is 10.1 Å². The van der Waals surface area contributed by atoms with Crippen molar-refractivity contribution in [3.8, 4) is 16.2 Å². The van der Waals surface area contributed by atoms with E-state index in [1.165, 1.54) is 44.2 Å². The number of carbonyl (C=O) groups excluding carboxylic acids is 1. The Kier molecular flexibility index (Phi) is 12.6. The summed E-state index contributed by atoms with van der Waals surface area (Å²) in [4.78, 5) is 30.5. The largest absolute Gasteiger partial charge is 0.506 e. The zero-order chi connectivity index (χ0) is 32.1. The van der Waals surface area contributed by atoms with Crippen molar-refractivity contribution in [1.29, 1.82) is 0 Å². The molecule has 1 atom stereocenters. The number of aliphatic hydroxyl groups excluding tert-OH is 1. The van der Waals surface area contributed by atoms with Gasteiger partial charge in [-0.2, -0.15) is 0 Å². The molecule has 0 saturated carbocycles. The number of aromatic hydroxyl groups is 1. The maximum Gasteiger partial charge on any atom is 0.411 e. The van der Waals surface area contributed by atoms with E-state index < -0.39 is 6.10 Å². The number of H-pyrrole nitrogens is 1. The lowest BCUT2D eigenvalue weighted by atomic mass is 10.0. The summed E-state index contributed by atoms with van der Waals surface area (Å²) in [7, 11) is 0. The Labute approximate surface area is 274 Å². The lowest BCUT2D eigenvalue weighted by molar-refractivity contribution is 0.0584. The van der Waals surface area contributed by atoms with Gasteiger partial charge in [0.2, 0.25) is 5.56 Å². The number of amides is 1. The fraction of sp³-hybridized carbons (Fsp3) is 0.444. The number of phenols is 1. The van der Waals surface area contributed by atoms with Gasteiger partial charge in [-0.05, 0) is 74.0 Å². The van der Waals surface area contributed by atoms with Crippen molar-refractivity contribution in [2.24, 2.45) is 0 Å². The second-order valence-electron chi connectivity index (χ2n) is 12.1. The fourth-order valence-corrected chi connectivity index (χ4v) is 6.91. The highest BCUT2D eigenvalue weighted by Gasteiger charge is 2.22. The van der Waals surface area contributed by atoms with Crippen LogP contribution in [0.3, 0.4) is 0 Å². The predicted octanol–water partition coefficient (Wildman–Crippen LogP) is 7.03. The number of fused-ring (bicyclic) bond motifs is 1. The predicted molar refractivity (Wildman–Crippen MR) is 186 cm³/mol. The van der Waals surface area contributed by atoms with Crippen LogP contribution in [0.15, 0.2) is 70.8 Å². The summed E-state index contributed by atoms with van der Waals surface area (Å²) in [5.74, 6) is -0.00215. The zero-order valence-corrected chi connectivity index (χ0v) is 27.2. The van der Waals surface area contributed by atoms with Gasteiger partial charge in [0.15, 0.2) is 0 Å². The molecule has 3 heterocycles. The van der Waals surface area contributed by atoms with Crippen LogP contribution in [-0.2, 0) is 4.74 Å². The number of unbranched alkanes of at least 4 members (excludes halogenated alkanes) is 6. The van der Waals surface area contributed by atoms with Gasteiger partial charge in [-0.1, -0.05) is 62.4 Å². The topological polar surface area (TPSA) is 127 Å². The molecule has 5 N–H and O–H groups in total. The molecular weight excluding hydrogens is 600 g/mol. The number of hydrogen-bond donors (Lipinski definition) is 5. The monoisotopic (exact) mass is 646 g/mol. The minimum absolute atomic E-state index is 0.00215. The summed E-state index contributed by atoms with van der Waals surface area (Å²) < 4.78 is 5.77. The molecule has 1 unspecified atom stereocenters. The van der Waals surface area contributed by atoms with Crippen LogP contribution in [0.1, 0.15) is 69.5 Å². The van der Waals surface area contributed by atoms with Crippen molar-refractivity contribution in [2.45, 2.75) is 70.0 Å². The van der Waals surface area contributed by atoms with Crippen molar-refractivity contribution in [3.63, 3.8) is 0 Å². The van der Waals surface area contributed by atoms with Crippen LogP contribution in [0.2, 0.25) is 0 Å². The highest BCUT2D eigenvalue weighted by Crippen LogP contribution is 2.32. The van der Waals surface area contributed by atoms with Gasteiger partial charge in [0.1, 0.15) is 11.9 Å². The normalized spacial score (nSPS) is 14.8. The van der Waals surface area contributed by atoms with E-state index >= 15 is 0 Å². The Morgan fingerprint density at radius 1 is 0.957 bits per heavy atom. The molecule has 9 nitrogen and oxygen atoms in total. The molecular formula is C36H46N4O5S. The molecule has 10 heteroatoms. The molecule has 1 aliphatic rings. The van der Waals surface area contributed by atoms with Gasteiger partial charge in [0.05, 0.1) is 17.3 Å². The SMILES string of the molecule is O=C(Nc1ccccc1-c1cccs1)OC1CCN(CCCCCCCCCNCC(O)c2ccc(O)c3[nH]c(=O)ccc23)CC1. The van der Waals surface area contributed by atoms with Gasteiger partial charge >= 0.3 is 6.09 Å². The van der Waals surface area contributed by atoms with Crippen molar-refractivity contribution >= 4 is 34.0 Å². The Hall–Kier alpha value is -3.70. The van der Waals surface area contributed by atoms with Gasteiger partial charge in [0, 0.05) is 41.5 Å². The van der Waals surface area contributed by atoms with E-state index in [0.29, 0.717) is 23.0 Å². The maximum absolute atomic E-state index is 12.6. The average Bonchev–Trinajstić information content (AvgIpc) is 3.60. The first kappa shape index (κ1) is 33.7. The number of rotatable bonds is 16. The Balaban J connectivity index is 0.869. The molecule has 0 aliphatic carbocycles. The number of carbonyl (C=O) groups is 1. The van der Waals surface area contributed by atoms with Crippen molar-refractivity contribution in [1.82, 2.24) is 15.2 Å². The van der Waals surface area contributed by atoms with Gasteiger partial charge in [-0.15, -0.1) is 11.3 Å². The number of nitrogens with zero attached hydrogens (tertiary/aromatic N) is 1. The van der Waals surface area contributed by atoms with Gasteiger partial charge in [-0.25, -0.2) is 4.79 Å². The molecule has 0 radical (unpaired) electrons. The van der Waals surface area contributed by atoms with Gasteiger partial charge < -0.3 is 30.2 Å². The summed E-state index contributed by atoms with van der Waals surface area (Å²) >= 11 is 1.65. The number of para-hydroxylation sites is 1. The number of piperidine rings is 1. The summed E-state index contributed by atoms with van der Waals surface area (Å²) in [5.41, 5.74) is 2.54. The molecule has 1 fully saturated rings. The van der Waals surface area contributed by atoms with Crippen LogP contribution >= 0.6 is 11.3 Å². The third-order valence-corrected chi connectivity index (χ3v) is 9.59. The number of anilines is 1. The number of hydrogen-bond acceptors (Lipinski definition) is 8. The molecule has 1 aliphatic heterocycles. The van der Waals surface area contributed by atoms with Crippen LogP contribution in [0.25, 0.3) is 21.3 Å². The van der Waals surface area contributed by atoms with Crippen LogP contribution in [0.5, 0.6) is 5.75 Å². The summed E-state index contributed by atoms with van der Waals surface area (Å²) in [6.07, 6.45) is 8.95. The number of ether oxygens (including phenoxy) is 1. The third-order valence-electron chi connectivity index (χ3n) is 8.69. The van der Waals surface area contributed by atoms with Crippen LogP contribution in [0.4, 0.5) is 10.5 Å². The van der Waals surface area contributed by atoms with E-state index in [-0.39, 0.29) is 23.5 Å². The van der Waals surface area contributed by atoms with Crippen LogP contribution < -0.4 is 16.2 Å². The van der Waals surface area contributed by atoms with Crippen molar-refractivity contribution < 1.29 is 19.7 Å². The number of phenolic OH excluding ortho intramolecular Hbond substituents is 1. The highest BCUT2D eigenvalue weighted by atomic mass is 32.1. The first-order valence-corrected chi connectivity index (χ1v) is 17.4. The number of nitrogens with one attached hydrogen (secondary N) is 3. The van der Waals surface area contributed by atoms with Crippen LogP contribution in [0, 0.1) is 0 Å².